The Kier molecular flexibility index (Phi) is 2.28. The molecule has 0 aliphatic rings. The molecule has 12 heavy (non-hydrogen) atoms. The van der Waals surface area contributed by atoms with E-state index in [-0.39, 0.29) is 11.3 Å². The van der Waals surface area contributed by atoms with Crippen LogP contribution in [0.1, 0.15) is 27.6 Å². The summed E-state index contributed by atoms with van der Waals surface area (Å²) in [6.07, 6.45) is 2.93. The van der Waals surface area contributed by atoms with Crippen molar-refractivity contribution in [3.8, 4) is 0 Å². The molecular weight excluding hydrogens is 158 g/mol. The van der Waals surface area contributed by atoms with Crippen molar-refractivity contribution in [1.29, 1.82) is 0 Å². The molecule has 0 unspecified atom stereocenters. The molecule has 0 spiro atoms. The van der Waals surface area contributed by atoms with Crippen LogP contribution < -0.4 is 0 Å². The van der Waals surface area contributed by atoms with Gasteiger partial charge >= 0.3 is 5.97 Å². The number of hydrogen-bond acceptors (Lipinski definition) is 3. The van der Waals surface area contributed by atoms with E-state index >= 15 is 0 Å². The monoisotopic (exact) mass is 167 g/mol. The molecule has 0 aliphatic heterocycles. The standard InChI is InChI=1S/C8H9NO3/c1-5(10)6-3-9-4-7(6)8(11)12-2/h3-4,9H,1-2H3. The number of esters is 1. The molecule has 0 bridgehead atoms. The number of hydrogen-bond donors (Lipinski definition) is 1. The number of Topliss-reactive ketones (excluding diaryl/α,β-unsaturated/α-hetero) is 1. The minimum Gasteiger partial charge on any atom is -0.465 e. The second-order valence-electron chi connectivity index (χ2n) is 2.33. The van der Waals surface area contributed by atoms with Crippen molar-refractivity contribution in [1.82, 2.24) is 4.98 Å². The number of ether oxygens (including phenoxy) is 1. The molecule has 64 valence electrons. The predicted molar refractivity (Wildman–Crippen MR) is 42.1 cm³/mol. The summed E-state index contributed by atoms with van der Waals surface area (Å²) >= 11 is 0. The van der Waals surface area contributed by atoms with E-state index in [0.29, 0.717) is 5.56 Å². The SMILES string of the molecule is COC(=O)c1c[nH]cc1C(C)=O. The van der Waals surface area contributed by atoms with E-state index in [0.717, 1.165) is 0 Å². The Balaban J connectivity index is 3.07. The zero-order chi connectivity index (χ0) is 9.14. The van der Waals surface area contributed by atoms with Crippen molar-refractivity contribution in [2.45, 2.75) is 6.92 Å². The quantitative estimate of drug-likeness (QED) is 0.528. The number of nitrogens with one attached hydrogen (secondary N) is 1. The normalized spacial score (nSPS) is 9.50. The van der Waals surface area contributed by atoms with Crippen LogP contribution in [0.25, 0.3) is 0 Å². The molecule has 0 saturated heterocycles. The lowest BCUT2D eigenvalue weighted by Crippen LogP contribution is -2.05. The average Bonchev–Trinajstić information content (AvgIpc) is 2.50. The topological polar surface area (TPSA) is 59.2 Å². The molecule has 4 heteroatoms. The van der Waals surface area contributed by atoms with Crippen molar-refractivity contribution in [3.63, 3.8) is 0 Å². The molecule has 1 aromatic heterocycles. The van der Waals surface area contributed by atoms with Crippen LogP contribution in [0.2, 0.25) is 0 Å². The number of aromatic nitrogens is 1. The number of rotatable bonds is 2. The molecule has 0 fully saturated rings. The molecule has 0 amide bonds. The molecular formula is C8H9NO3. The summed E-state index contributed by atoms with van der Waals surface area (Å²) < 4.78 is 4.47. The highest BCUT2D eigenvalue weighted by Gasteiger charge is 2.14. The second kappa shape index (κ2) is 3.21. The maximum atomic E-state index is 11.0. The van der Waals surface area contributed by atoms with Crippen molar-refractivity contribution < 1.29 is 14.3 Å². The fourth-order valence-electron chi connectivity index (χ4n) is 0.934. The largest absolute Gasteiger partial charge is 0.465 e. The highest BCUT2D eigenvalue weighted by molar-refractivity contribution is 6.05. The number of carbonyl (C=O) groups is 2. The summed E-state index contributed by atoms with van der Waals surface area (Å²) in [6.45, 7) is 1.40. The summed E-state index contributed by atoms with van der Waals surface area (Å²) in [4.78, 5) is 24.6. The minimum absolute atomic E-state index is 0.156. The van der Waals surface area contributed by atoms with E-state index in [1.807, 2.05) is 0 Å². The number of H-pyrrole nitrogens is 1. The fraction of sp³-hybridized carbons (Fsp3) is 0.250. The van der Waals surface area contributed by atoms with Gasteiger partial charge in [0.2, 0.25) is 0 Å². The molecule has 1 rings (SSSR count). The Morgan fingerprint density at radius 2 is 1.92 bits per heavy atom. The Labute approximate surface area is 69.5 Å². The summed E-state index contributed by atoms with van der Waals surface area (Å²) in [5.41, 5.74) is 0.645. The number of aromatic amines is 1. The van der Waals surface area contributed by atoms with Gasteiger partial charge in [-0.15, -0.1) is 0 Å². The van der Waals surface area contributed by atoms with E-state index in [1.165, 1.54) is 26.4 Å². The van der Waals surface area contributed by atoms with E-state index < -0.39 is 5.97 Å². The van der Waals surface area contributed by atoms with Gasteiger partial charge in [0.05, 0.1) is 12.7 Å². The van der Waals surface area contributed by atoms with Crippen LogP contribution in [0.5, 0.6) is 0 Å². The van der Waals surface area contributed by atoms with Gasteiger partial charge in [0.1, 0.15) is 0 Å². The molecule has 0 atom stereocenters. The highest BCUT2D eigenvalue weighted by Crippen LogP contribution is 2.09. The molecule has 0 radical (unpaired) electrons. The summed E-state index contributed by atoms with van der Waals surface area (Å²) in [5.74, 6) is -0.655. The first-order valence-electron chi connectivity index (χ1n) is 3.43. The average molecular weight is 167 g/mol. The number of ketones is 1. The third-order valence-corrected chi connectivity index (χ3v) is 1.53. The maximum Gasteiger partial charge on any atom is 0.340 e. The Morgan fingerprint density at radius 3 is 2.42 bits per heavy atom. The zero-order valence-corrected chi connectivity index (χ0v) is 6.88. The first-order valence-corrected chi connectivity index (χ1v) is 3.43. The van der Waals surface area contributed by atoms with E-state index in [1.54, 1.807) is 0 Å². The van der Waals surface area contributed by atoms with Crippen LogP contribution in [0.15, 0.2) is 12.4 Å². The van der Waals surface area contributed by atoms with Crippen LogP contribution in [0, 0.1) is 0 Å². The van der Waals surface area contributed by atoms with Crippen molar-refractivity contribution in [3.05, 3.63) is 23.5 Å². The molecule has 1 heterocycles. The van der Waals surface area contributed by atoms with Crippen LogP contribution in [0.3, 0.4) is 0 Å². The van der Waals surface area contributed by atoms with Gasteiger partial charge in [-0.1, -0.05) is 0 Å². The van der Waals surface area contributed by atoms with Gasteiger partial charge in [0.15, 0.2) is 5.78 Å². The Hall–Kier alpha value is -1.58. The van der Waals surface area contributed by atoms with Crippen LogP contribution in [-0.2, 0) is 4.74 Å². The molecule has 0 aliphatic carbocycles. The van der Waals surface area contributed by atoms with Crippen molar-refractivity contribution >= 4 is 11.8 Å². The molecule has 1 N–H and O–H groups in total. The van der Waals surface area contributed by atoms with Gasteiger partial charge < -0.3 is 9.72 Å². The summed E-state index contributed by atoms with van der Waals surface area (Å²) in [5, 5.41) is 0. The predicted octanol–water partition coefficient (Wildman–Crippen LogP) is 1.00. The van der Waals surface area contributed by atoms with Gasteiger partial charge in [-0.05, 0) is 6.92 Å². The second-order valence-corrected chi connectivity index (χ2v) is 2.33. The number of carbonyl (C=O) groups excluding carboxylic acids is 2. The Bertz CT molecular complexity index is 314. The van der Waals surface area contributed by atoms with Gasteiger partial charge in [-0.3, -0.25) is 4.79 Å². The first-order chi connectivity index (χ1) is 5.66. The summed E-state index contributed by atoms with van der Waals surface area (Å²) in [7, 11) is 1.28. The Morgan fingerprint density at radius 1 is 1.33 bits per heavy atom. The number of methoxy groups -OCH3 is 1. The van der Waals surface area contributed by atoms with Gasteiger partial charge in [0, 0.05) is 18.0 Å². The molecule has 4 nitrogen and oxygen atoms in total. The van der Waals surface area contributed by atoms with E-state index in [2.05, 4.69) is 9.72 Å². The zero-order valence-electron chi connectivity index (χ0n) is 6.88. The van der Waals surface area contributed by atoms with E-state index in [4.69, 9.17) is 0 Å². The van der Waals surface area contributed by atoms with Gasteiger partial charge in [0.25, 0.3) is 0 Å². The van der Waals surface area contributed by atoms with Crippen molar-refractivity contribution in [2.24, 2.45) is 0 Å². The van der Waals surface area contributed by atoms with Crippen LogP contribution in [-0.4, -0.2) is 23.8 Å². The van der Waals surface area contributed by atoms with Crippen LogP contribution in [0.4, 0.5) is 0 Å². The first kappa shape index (κ1) is 8.52. The molecule has 0 saturated carbocycles. The lowest BCUT2D eigenvalue weighted by Gasteiger charge is -1.96. The molecule has 1 aromatic rings. The molecule has 0 aromatic carbocycles. The lowest BCUT2D eigenvalue weighted by atomic mass is 10.1. The lowest BCUT2D eigenvalue weighted by molar-refractivity contribution is 0.0597. The van der Waals surface area contributed by atoms with E-state index in [9.17, 15) is 9.59 Å². The third-order valence-electron chi connectivity index (χ3n) is 1.53. The third kappa shape index (κ3) is 1.37. The van der Waals surface area contributed by atoms with Crippen LogP contribution >= 0.6 is 0 Å². The maximum absolute atomic E-state index is 11.0. The highest BCUT2D eigenvalue weighted by atomic mass is 16.5. The summed E-state index contributed by atoms with van der Waals surface area (Å²) in [6, 6.07) is 0. The minimum atomic E-state index is -0.499. The van der Waals surface area contributed by atoms with Gasteiger partial charge in [-0.25, -0.2) is 4.79 Å². The van der Waals surface area contributed by atoms with Gasteiger partial charge in [-0.2, -0.15) is 0 Å². The van der Waals surface area contributed by atoms with Crippen molar-refractivity contribution in [2.75, 3.05) is 7.11 Å². The fourth-order valence-corrected chi connectivity index (χ4v) is 0.934. The smallest absolute Gasteiger partial charge is 0.340 e.